The van der Waals surface area contributed by atoms with Crippen LogP contribution in [0.25, 0.3) is 0 Å². The van der Waals surface area contributed by atoms with Gasteiger partial charge < -0.3 is 0 Å². The molecule has 3 aliphatic rings. The van der Waals surface area contributed by atoms with Gasteiger partial charge in [-0.3, -0.25) is 4.79 Å². The quantitative estimate of drug-likeness (QED) is 0.441. The summed E-state index contributed by atoms with van der Waals surface area (Å²) in [5.41, 5.74) is -0.330. The lowest BCUT2D eigenvalue weighted by Crippen LogP contribution is -2.71. The van der Waals surface area contributed by atoms with Crippen molar-refractivity contribution in [3.05, 3.63) is 0 Å². The minimum Gasteiger partial charge on any atom is -0.288 e. The van der Waals surface area contributed by atoms with Crippen molar-refractivity contribution in [3.8, 4) is 0 Å². The van der Waals surface area contributed by atoms with Crippen LogP contribution in [-0.2, 0) is 4.79 Å². The maximum absolute atomic E-state index is 13.7. The van der Waals surface area contributed by atoms with E-state index in [0.29, 0.717) is 11.3 Å². The molecule has 3 fully saturated rings. The number of carbonyl (C=O) groups is 1. The van der Waals surface area contributed by atoms with Gasteiger partial charge in [0, 0.05) is 12.7 Å². The van der Waals surface area contributed by atoms with Gasteiger partial charge in [0.2, 0.25) is 0 Å². The zero-order valence-electron chi connectivity index (χ0n) is 13.8. The molecule has 1 nitrogen and oxygen atoms in total. The lowest BCUT2D eigenvalue weighted by atomic mass is 9.35. The molecular formula is C18H31FOS. The number of hydrogen-bond donors (Lipinski definition) is 0. The molecule has 0 saturated heterocycles. The Labute approximate surface area is 133 Å². The van der Waals surface area contributed by atoms with E-state index in [1.807, 2.05) is 0 Å². The third-order valence-corrected chi connectivity index (χ3v) is 6.76. The maximum Gasteiger partial charge on any atom is 0.185 e. The summed E-state index contributed by atoms with van der Waals surface area (Å²) in [6.45, 7) is 3.75. The third kappa shape index (κ3) is 4.24. The van der Waals surface area contributed by atoms with Crippen molar-refractivity contribution in [2.75, 3.05) is 5.75 Å². The topological polar surface area (TPSA) is 17.1 Å². The van der Waals surface area contributed by atoms with Gasteiger partial charge in [-0.25, -0.2) is 4.39 Å². The van der Waals surface area contributed by atoms with E-state index >= 15 is 0 Å². The van der Waals surface area contributed by atoms with Crippen LogP contribution >= 0.6 is 11.8 Å². The fourth-order valence-corrected chi connectivity index (χ4v) is 4.90. The minimum absolute atomic E-state index is 0.242. The number of rotatable bonds is 11. The predicted octanol–water partition coefficient (Wildman–Crippen LogP) is 5.92. The zero-order chi connectivity index (χ0) is 15.3. The summed E-state index contributed by atoms with van der Waals surface area (Å²) in [5.74, 6) is 1.34. The highest BCUT2D eigenvalue weighted by Crippen LogP contribution is 2.75. The fourth-order valence-electron chi connectivity index (χ4n) is 4.27. The van der Waals surface area contributed by atoms with Gasteiger partial charge in [-0.1, -0.05) is 63.6 Å². The molecule has 0 N–H and O–H groups in total. The van der Waals surface area contributed by atoms with E-state index in [-0.39, 0.29) is 5.12 Å². The Morgan fingerprint density at radius 2 is 1.57 bits per heavy atom. The van der Waals surface area contributed by atoms with Gasteiger partial charge in [-0.2, -0.15) is 0 Å². The van der Waals surface area contributed by atoms with E-state index in [4.69, 9.17) is 0 Å². The Morgan fingerprint density at radius 1 is 1.05 bits per heavy atom. The highest BCUT2D eigenvalue weighted by atomic mass is 32.2. The van der Waals surface area contributed by atoms with E-state index in [2.05, 4.69) is 6.92 Å². The number of unbranched alkanes of at least 4 members (excludes halogenated alkanes) is 7. The van der Waals surface area contributed by atoms with Crippen LogP contribution in [0.5, 0.6) is 0 Å². The highest BCUT2D eigenvalue weighted by Gasteiger charge is 2.73. The molecular weight excluding hydrogens is 283 g/mol. The van der Waals surface area contributed by atoms with Crippen LogP contribution in [0.1, 0.15) is 84.5 Å². The average Bonchev–Trinajstić information content (AvgIpc) is 2.42. The van der Waals surface area contributed by atoms with Gasteiger partial charge in [0.25, 0.3) is 0 Å². The van der Waals surface area contributed by atoms with Crippen LogP contribution in [0.2, 0.25) is 0 Å². The summed E-state index contributed by atoms with van der Waals surface area (Å²) >= 11 is 1.45. The van der Waals surface area contributed by atoms with Crippen LogP contribution < -0.4 is 0 Å². The molecule has 0 heterocycles. The molecule has 0 aromatic carbocycles. The van der Waals surface area contributed by atoms with Gasteiger partial charge in [0.05, 0.1) is 0 Å². The Balaban J connectivity index is 1.33. The average molecular weight is 315 g/mol. The van der Waals surface area contributed by atoms with E-state index in [9.17, 15) is 9.18 Å². The minimum atomic E-state index is -0.749. The number of halogens is 1. The summed E-state index contributed by atoms with van der Waals surface area (Å²) in [6.07, 6.45) is 13.4. The second-order valence-corrected chi connectivity index (χ2v) is 8.66. The number of carbonyl (C=O) groups excluding carboxylic acids is 1. The first-order valence-electron chi connectivity index (χ1n) is 8.81. The first-order valence-corrected chi connectivity index (χ1v) is 9.79. The standard InChI is InChI=1S/C18H31FOS/c1-15-17(13-18(15,19)14-17)11-9-7-5-3-4-6-8-10-12-21-16(2)20/h15H,3-14H2,1-2H3/t15-,17?,18?/m1/s1. The van der Waals surface area contributed by atoms with Crippen LogP contribution in [-0.4, -0.2) is 16.5 Å². The molecule has 0 aromatic heterocycles. The van der Waals surface area contributed by atoms with Gasteiger partial charge in [0.1, 0.15) is 5.67 Å². The van der Waals surface area contributed by atoms with E-state index < -0.39 is 5.67 Å². The predicted molar refractivity (Wildman–Crippen MR) is 89.4 cm³/mol. The molecule has 0 aliphatic heterocycles. The number of alkyl halides is 1. The van der Waals surface area contributed by atoms with Crippen LogP contribution in [0.3, 0.4) is 0 Å². The Hall–Kier alpha value is -0.0500. The number of thioether (sulfide) groups is 1. The smallest absolute Gasteiger partial charge is 0.185 e. The lowest BCUT2D eigenvalue weighted by molar-refractivity contribution is -0.277. The van der Waals surface area contributed by atoms with Crippen molar-refractivity contribution in [1.29, 1.82) is 0 Å². The normalized spacial score (nSPS) is 33.4. The van der Waals surface area contributed by atoms with E-state index in [1.54, 1.807) is 6.92 Å². The van der Waals surface area contributed by atoms with E-state index in [1.165, 1.54) is 69.5 Å². The Morgan fingerprint density at radius 3 is 2.05 bits per heavy atom. The second kappa shape index (κ2) is 7.48. The zero-order valence-corrected chi connectivity index (χ0v) is 14.6. The highest BCUT2D eigenvalue weighted by molar-refractivity contribution is 8.13. The molecule has 3 rings (SSSR count). The molecule has 1 atom stereocenters. The van der Waals surface area contributed by atoms with Crippen molar-refractivity contribution in [1.82, 2.24) is 0 Å². The van der Waals surface area contributed by atoms with Gasteiger partial charge in [-0.15, -0.1) is 0 Å². The summed E-state index contributed by atoms with van der Waals surface area (Å²) in [5, 5.41) is 0.242. The van der Waals surface area contributed by atoms with Crippen LogP contribution in [0.15, 0.2) is 0 Å². The maximum atomic E-state index is 13.7. The van der Waals surface area contributed by atoms with E-state index in [0.717, 1.165) is 18.6 Å². The van der Waals surface area contributed by atoms with Gasteiger partial charge in [0.15, 0.2) is 5.12 Å². The summed E-state index contributed by atoms with van der Waals surface area (Å²) in [7, 11) is 0. The number of hydrogen-bond acceptors (Lipinski definition) is 2. The molecule has 3 saturated carbocycles. The molecule has 0 radical (unpaired) electrons. The molecule has 3 aliphatic carbocycles. The molecule has 0 amide bonds. The molecule has 21 heavy (non-hydrogen) atoms. The molecule has 0 unspecified atom stereocenters. The molecule has 3 heteroatoms. The second-order valence-electron chi connectivity index (χ2n) is 7.39. The third-order valence-electron chi connectivity index (χ3n) is 5.86. The summed E-state index contributed by atoms with van der Waals surface area (Å²) in [4.78, 5) is 10.8. The Kier molecular flexibility index (Phi) is 6.16. The van der Waals surface area contributed by atoms with Crippen molar-refractivity contribution in [2.45, 2.75) is 90.1 Å². The van der Waals surface area contributed by atoms with Crippen molar-refractivity contribution in [2.24, 2.45) is 11.3 Å². The largest absolute Gasteiger partial charge is 0.288 e. The first kappa shape index (κ1) is 17.3. The lowest BCUT2D eigenvalue weighted by Gasteiger charge is -2.72. The van der Waals surface area contributed by atoms with Gasteiger partial charge in [-0.05, 0) is 37.0 Å². The monoisotopic (exact) mass is 314 g/mol. The van der Waals surface area contributed by atoms with Crippen molar-refractivity contribution >= 4 is 16.9 Å². The fraction of sp³-hybridized carbons (Fsp3) is 0.944. The van der Waals surface area contributed by atoms with Crippen LogP contribution in [0.4, 0.5) is 4.39 Å². The molecule has 2 bridgehead atoms. The molecule has 122 valence electrons. The van der Waals surface area contributed by atoms with Crippen LogP contribution in [0, 0.1) is 11.3 Å². The van der Waals surface area contributed by atoms with Crippen molar-refractivity contribution < 1.29 is 9.18 Å². The SMILES string of the molecule is CC(=O)SCCCCCCCCCCC12CC(F)(C1)[C@@H]2C. The Bertz CT molecular complexity index is 349. The molecule has 0 spiro atoms. The molecule has 0 aromatic rings. The summed E-state index contributed by atoms with van der Waals surface area (Å²) < 4.78 is 13.7. The van der Waals surface area contributed by atoms with Gasteiger partial charge >= 0.3 is 0 Å². The first-order chi connectivity index (χ1) is 9.99. The summed E-state index contributed by atoms with van der Waals surface area (Å²) in [6, 6.07) is 0. The van der Waals surface area contributed by atoms with Crippen molar-refractivity contribution in [3.63, 3.8) is 0 Å².